The van der Waals surface area contributed by atoms with Gasteiger partial charge in [0.1, 0.15) is 12.0 Å². The molecule has 6 fully saturated rings. The SMILES string of the molecule is COC(=O)N1CCC(CC(O)N2CCCN(Cc3ccc(NC(=O)NC45CC6CC(C)(CC(C)(C6)C4)C5)c(F)c3)CC2)CC1. The van der Waals surface area contributed by atoms with Gasteiger partial charge in [0.05, 0.1) is 12.8 Å². The average Bonchev–Trinajstić information content (AvgIpc) is 3.18. The molecule has 3 atom stereocenters. The molecule has 3 unspecified atom stereocenters. The van der Waals surface area contributed by atoms with Gasteiger partial charge < -0.3 is 25.4 Å². The van der Waals surface area contributed by atoms with Crippen molar-refractivity contribution in [2.75, 3.05) is 51.7 Å². The molecule has 44 heavy (non-hydrogen) atoms. The third-order valence-corrected chi connectivity index (χ3v) is 11.3. The lowest BCUT2D eigenvalue weighted by atomic mass is 9.43. The first-order valence-corrected chi connectivity index (χ1v) is 16.8. The first kappa shape index (κ1) is 31.5. The number of anilines is 1. The number of aliphatic hydroxyl groups is 1. The van der Waals surface area contributed by atoms with Crippen molar-refractivity contribution in [3.05, 3.63) is 29.6 Å². The molecule has 6 aliphatic rings. The monoisotopic (exact) mass is 613 g/mol. The second-order valence-corrected chi connectivity index (χ2v) is 15.6. The van der Waals surface area contributed by atoms with Gasteiger partial charge in [0.25, 0.3) is 0 Å². The molecule has 2 heterocycles. The molecular weight excluding hydrogens is 561 g/mol. The van der Waals surface area contributed by atoms with Crippen molar-refractivity contribution in [1.82, 2.24) is 20.0 Å². The molecule has 9 nitrogen and oxygen atoms in total. The van der Waals surface area contributed by atoms with E-state index in [2.05, 4.69) is 34.3 Å². The maximum atomic E-state index is 15.2. The molecule has 4 aliphatic carbocycles. The Morgan fingerprint density at radius 3 is 2.41 bits per heavy atom. The summed E-state index contributed by atoms with van der Waals surface area (Å²) in [7, 11) is 1.41. The predicted molar refractivity (Wildman–Crippen MR) is 167 cm³/mol. The lowest BCUT2D eigenvalue weighted by molar-refractivity contribution is -0.113. The highest BCUT2D eigenvalue weighted by Gasteiger charge is 2.60. The summed E-state index contributed by atoms with van der Waals surface area (Å²) in [6.07, 6.45) is 9.46. The first-order chi connectivity index (χ1) is 20.9. The fourth-order valence-corrected chi connectivity index (χ4v) is 10.4. The molecule has 1 aromatic rings. The van der Waals surface area contributed by atoms with E-state index in [9.17, 15) is 14.7 Å². The summed E-state index contributed by atoms with van der Waals surface area (Å²) in [4.78, 5) is 31.1. The Bertz CT molecular complexity index is 1200. The van der Waals surface area contributed by atoms with E-state index in [4.69, 9.17) is 4.74 Å². The number of benzene rings is 1. The zero-order valence-corrected chi connectivity index (χ0v) is 26.9. The quantitative estimate of drug-likeness (QED) is 0.382. The number of rotatable bonds is 7. The topological polar surface area (TPSA) is 97.4 Å². The van der Waals surface area contributed by atoms with E-state index in [1.54, 1.807) is 17.0 Å². The summed E-state index contributed by atoms with van der Waals surface area (Å²) in [6, 6.07) is 4.84. The van der Waals surface area contributed by atoms with E-state index in [0.29, 0.717) is 48.7 Å². The number of likely N-dealkylation sites (tertiary alicyclic amines) is 1. The Labute approximate surface area is 261 Å². The lowest BCUT2D eigenvalue weighted by Crippen LogP contribution is -2.65. The Kier molecular flexibility index (Phi) is 8.89. The van der Waals surface area contributed by atoms with Crippen molar-refractivity contribution in [3.63, 3.8) is 0 Å². The molecule has 1 aromatic carbocycles. The molecule has 3 amide bonds. The summed E-state index contributed by atoms with van der Waals surface area (Å²) < 4.78 is 20.0. The molecule has 0 radical (unpaired) electrons. The summed E-state index contributed by atoms with van der Waals surface area (Å²) >= 11 is 0. The van der Waals surface area contributed by atoms with Gasteiger partial charge in [-0.2, -0.15) is 0 Å². The van der Waals surface area contributed by atoms with Gasteiger partial charge in [-0.3, -0.25) is 9.80 Å². The van der Waals surface area contributed by atoms with Crippen LogP contribution in [0.15, 0.2) is 18.2 Å². The predicted octanol–water partition coefficient (Wildman–Crippen LogP) is 5.39. The number of urea groups is 1. The van der Waals surface area contributed by atoms with Crippen LogP contribution in [0, 0.1) is 28.5 Å². The van der Waals surface area contributed by atoms with Crippen LogP contribution in [0.1, 0.15) is 83.6 Å². The Hall–Kier alpha value is -2.43. The van der Waals surface area contributed by atoms with E-state index in [1.165, 1.54) is 26.4 Å². The van der Waals surface area contributed by atoms with Gasteiger partial charge in [-0.15, -0.1) is 0 Å². The van der Waals surface area contributed by atoms with Crippen LogP contribution in [0.5, 0.6) is 0 Å². The molecule has 2 aliphatic heterocycles. The highest BCUT2D eigenvalue weighted by atomic mass is 19.1. The fraction of sp³-hybridized carbons (Fsp3) is 0.765. The molecule has 10 heteroatoms. The van der Waals surface area contributed by atoms with Gasteiger partial charge in [0, 0.05) is 44.8 Å². The molecule has 4 bridgehead atoms. The van der Waals surface area contributed by atoms with Crippen molar-refractivity contribution in [2.24, 2.45) is 22.7 Å². The molecule has 0 aromatic heterocycles. The van der Waals surface area contributed by atoms with Gasteiger partial charge in [-0.1, -0.05) is 19.9 Å². The van der Waals surface area contributed by atoms with Crippen LogP contribution >= 0.6 is 0 Å². The third kappa shape index (κ3) is 7.02. The van der Waals surface area contributed by atoms with Gasteiger partial charge in [-0.25, -0.2) is 14.0 Å². The van der Waals surface area contributed by atoms with Crippen LogP contribution < -0.4 is 10.6 Å². The summed E-state index contributed by atoms with van der Waals surface area (Å²) in [5, 5.41) is 17.1. The van der Waals surface area contributed by atoms with Crippen molar-refractivity contribution < 1.29 is 23.8 Å². The van der Waals surface area contributed by atoms with E-state index < -0.39 is 12.0 Å². The Morgan fingerprint density at radius 1 is 1.02 bits per heavy atom. The number of hydrogen-bond donors (Lipinski definition) is 3. The van der Waals surface area contributed by atoms with Gasteiger partial charge >= 0.3 is 12.1 Å². The van der Waals surface area contributed by atoms with E-state index in [-0.39, 0.29) is 23.4 Å². The molecule has 244 valence electrons. The number of nitrogens with zero attached hydrogens (tertiary/aromatic N) is 3. The van der Waals surface area contributed by atoms with Crippen LogP contribution in [0.3, 0.4) is 0 Å². The summed E-state index contributed by atoms with van der Waals surface area (Å²) in [6.45, 7) is 9.99. The first-order valence-electron chi connectivity index (χ1n) is 16.8. The second kappa shape index (κ2) is 12.4. The fourth-order valence-electron chi connectivity index (χ4n) is 10.4. The number of halogens is 1. The molecule has 7 rings (SSSR count). The number of methoxy groups -OCH3 is 1. The van der Waals surface area contributed by atoms with Gasteiger partial charge in [-0.05, 0) is 111 Å². The minimum Gasteiger partial charge on any atom is -0.453 e. The lowest BCUT2D eigenvalue weighted by Gasteiger charge is -2.65. The Morgan fingerprint density at radius 2 is 1.75 bits per heavy atom. The average molecular weight is 614 g/mol. The van der Waals surface area contributed by atoms with Gasteiger partial charge in [0.2, 0.25) is 0 Å². The summed E-state index contributed by atoms with van der Waals surface area (Å²) in [5.41, 5.74) is 1.50. The van der Waals surface area contributed by atoms with E-state index in [0.717, 1.165) is 70.3 Å². The second-order valence-electron chi connectivity index (χ2n) is 15.6. The van der Waals surface area contributed by atoms with Crippen LogP contribution in [0.25, 0.3) is 0 Å². The molecule has 3 N–H and O–H groups in total. The molecule has 2 saturated heterocycles. The number of hydrogen-bond acceptors (Lipinski definition) is 6. The normalized spacial score (nSPS) is 33.6. The Balaban J connectivity index is 0.968. The number of carbonyl (C=O) groups is 2. The van der Waals surface area contributed by atoms with E-state index in [1.807, 2.05) is 6.07 Å². The summed E-state index contributed by atoms with van der Waals surface area (Å²) in [5.74, 6) is 0.651. The number of carbonyl (C=O) groups excluding carboxylic acids is 2. The van der Waals surface area contributed by atoms with Gasteiger partial charge in [0.15, 0.2) is 0 Å². The van der Waals surface area contributed by atoms with Crippen LogP contribution in [0.4, 0.5) is 19.7 Å². The van der Waals surface area contributed by atoms with Crippen molar-refractivity contribution in [3.8, 4) is 0 Å². The number of piperidine rings is 1. The van der Waals surface area contributed by atoms with Crippen molar-refractivity contribution in [1.29, 1.82) is 0 Å². The van der Waals surface area contributed by atoms with Crippen LogP contribution in [0.2, 0.25) is 0 Å². The molecule has 0 spiro atoms. The number of ether oxygens (including phenoxy) is 1. The minimum atomic E-state index is -0.497. The highest BCUT2D eigenvalue weighted by molar-refractivity contribution is 5.90. The molecular formula is C34H52FN5O4. The van der Waals surface area contributed by atoms with E-state index >= 15 is 4.39 Å². The van der Waals surface area contributed by atoms with Crippen molar-refractivity contribution >= 4 is 17.8 Å². The highest BCUT2D eigenvalue weighted by Crippen LogP contribution is 2.66. The zero-order chi connectivity index (χ0) is 31.1. The maximum Gasteiger partial charge on any atom is 0.409 e. The van der Waals surface area contributed by atoms with Crippen molar-refractivity contribution in [2.45, 2.75) is 96.4 Å². The van der Waals surface area contributed by atoms with Crippen LogP contribution in [-0.2, 0) is 11.3 Å². The number of amides is 3. The largest absolute Gasteiger partial charge is 0.453 e. The third-order valence-electron chi connectivity index (χ3n) is 11.3. The molecule has 4 saturated carbocycles. The zero-order valence-electron chi connectivity index (χ0n) is 26.9. The smallest absolute Gasteiger partial charge is 0.409 e. The minimum absolute atomic E-state index is 0.181. The van der Waals surface area contributed by atoms with Crippen LogP contribution in [-0.4, -0.2) is 90.1 Å². The number of nitrogens with one attached hydrogen (secondary N) is 2. The maximum absolute atomic E-state index is 15.2. The number of aliphatic hydroxyl groups excluding tert-OH is 1. The standard InChI is InChI=1S/C34H52FN5O4/c1-32-17-26-18-33(2,21-32)23-34(19-26,22-32)37-30(42)36-28-6-5-25(15-27(28)35)20-38-9-4-10-39(14-13-38)29(41)16-24-7-11-40(12-8-24)31(43)44-3/h5-6,15,24,26,29,41H,4,7-14,16-23H2,1-3H3,(H2,36,37,42).